The van der Waals surface area contributed by atoms with E-state index < -0.39 is 29.9 Å². The molecule has 0 aliphatic carbocycles. The molecule has 1 aliphatic heterocycles. The first-order valence-corrected chi connectivity index (χ1v) is 13.5. The zero-order valence-corrected chi connectivity index (χ0v) is 23.4. The molecule has 2 aromatic heterocycles. The van der Waals surface area contributed by atoms with E-state index in [1.165, 1.54) is 7.11 Å². The number of nitrogens with one attached hydrogen (secondary N) is 1. The SMILES string of the molecule is CCOC(=O)c1sc(NC(=O)C(CC)OC(=O)c2c3c(nc4ccccc24)CCN(C)C3)c(C(=O)OC)c1C. The average Bonchev–Trinajstić information content (AvgIpc) is 3.25. The van der Waals surface area contributed by atoms with Gasteiger partial charge in [-0.1, -0.05) is 25.1 Å². The van der Waals surface area contributed by atoms with Crippen LogP contribution in [-0.2, 0) is 32.0 Å². The summed E-state index contributed by atoms with van der Waals surface area (Å²) in [4.78, 5) is 58.9. The minimum Gasteiger partial charge on any atom is -0.465 e. The number of hydrogen-bond acceptors (Lipinski definition) is 10. The molecule has 1 amide bonds. The molecule has 10 nitrogen and oxygen atoms in total. The predicted molar refractivity (Wildman–Crippen MR) is 146 cm³/mol. The molecule has 206 valence electrons. The lowest BCUT2D eigenvalue weighted by Crippen LogP contribution is -2.34. The third-order valence-corrected chi connectivity index (χ3v) is 7.78. The van der Waals surface area contributed by atoms with Crippen LogP contribution >= 0.6 is 11.3 Å². The number of aromatic nitrogens is 1. The average molecular weight is 554 g/mol. The summed E-state index contributed by atoms with van der Waals surface area (Å²) in [6, 6.07) is 7.37. The Morgan fingerprint density at radius 3 is 2.54 bits per heavy atom. The number of rotatable bonds is 8. The lowest BCUT2D eigenvalue weighted by atomic mass is 9.96. The van der Waals surface area contributed by atoms with Crippen molar-refractivity contribution in [2.45, 2.75) is 46.3 Å². The Balaban J connectivity index is 1.64. The highest BCUT2D eigenvalue weighted by Gasteiger charge is 2.31. The Hall–Kier alpha value is -3.83. The number of fused-ring (bicyclic) bond motifs is 2. The van der Waals surface area contributed by atoms with E-state index >= 15 is 0 Å². The molecule has 0 spiro atoms. The van der Waals surface area contributed by atoms with E-state index in [1.54, 1.807) is 20.8 Å². The van der Waals surface area contributed by atoms with Gasteiger partial charge in [0.1, 0.15) is 9.88 Å². The smallest absolute Gasteiger partial charge is 0.348 e. The normalized spacial score (nSPS) is 13.9. The second kappa shape index (κ2) is 11.9. The van der Waals surface area contributed by atoms with Crippen LogP contribution in [0.2, 0.25) is 0 Å². The van der Waals surface area contributed by atoms with Gasteiger partial charge in [0.05, 0.1) is 30.4 Å². The summed E-state index contributed by atoms with van der Waals surface area (Å²) in [6.07, 6.45) is -0.267. The molecule has 4 rings (SSSR count). The van der Waals surface area contributed by atoms with Gasteiger partial charge in [0, 0.05) is 36.2 Å². The van der Waals surface area contributed by atoms with Crippen LogP contribution in [-0.4, -0.2) is 67.1 Å². The quantitative estimate of drug-likeness (QED) is 0.324. The van der Waals surface area contributed by atoms with Crippen molar-refractivity contribution < 1.29 is 33.4 Å². The molecule has 0 radical (unpaired) electrons. The van der Waals surface area contributed by atoms with E-state index in [2.05, 4.69) is 10.2 Å². The van der Waals surface area contributed by atoms with E-state index in [0.717, 1.165) is 29.1 Å². The summed E-state index contributed by atoms with van der Waals surface area (Å²) in [5, 5.41) is 3.45. The van der Waals surface area contributed by atoms with E-state index in [-0.39, 0.29) is 28.5 Å². The summed E-state index contributed by atoms with van der Waals surface area (Å²) in [6.45, 7) is 6.49. The van der Waals surface area contributed by atoms with Gasteiger partial charge >= 0.3 is 17.9 Å². The minimum absolute atomic E-state index is 0.0531. The van der Waals surface area contributed by atoms with Crippen molar-refractivity contribution in [3.05, 3.63) is 57.1 Å². The Labute approximate surface area is 230 Å². The number of pyridine rings is 1. The largest absolute Gasteiger partial charge is 0.465 e. The van der Waals surface area contributed by atoms with Crippen molar-refractivity contribution in [1.29, 1.82) is 0 Å². The Morgan fingerprint density at radius 1 is 1.10 bits per heavy atom. The number of carbonyl (C=O) groups excluding carboxylic acids is 4. The molecule has 1 aromatic carbocycles. The van der Waals surface area contributed by atoms with Crippen LogP contribution in [0.5, 0.6) is 0 Å². The number of ether oxygens (including phenoxy) is 3. The number of likely N-dealkylation sites (N-methyl/N-ethyl adjacent to an activating group) is 1. The van der Waals surface area contributed by atoms with Gasteiger partial charge in [-0.05, 0) is 38.9 Å². The molecule has 0 fully saturated rings. The number of para-hydroxylation sites is 1. The van der Waals surface area contributed by atoms with E-state index in [0.29, 0.717) is 35.0 Å². The standard InChI is InChI=1S/C28H31N3O7S/c1-6-20(24(32)30-25-21(26(33)36-5)15(3)23(39-25)28(35)37-7-2)38-27(34)22-16-10-8-9-11-18(16)29-19-12-13-31(4)14-17(19)22/h8-11,20H,6-7,12-14H2,1-5H3,(H,30,32). The summed E-state index contributed by atoms with van der Waals surface area (Å²) in [5.74, 6) is -2.57. The van der Waals surface area contributed by atoms with E-state index in [4.69, 9.17) is 19.2 Å². The Kier molecular flexibility index (Phi) is 8.61. The third kappa shape index (κ3) is 5.64. The summed E-state index contributed by atoms with van der Waals surface area (Å²) in [5.41, 5.74) is 3.12. The topological polar surface area (TPSA) is 124 Å². The number of carbonyl (C=O) groups is 4. The fourth-order valence-corrected chi connectivity index (χ4v) is 5.69. The van der Waals surface area contributed by atoms with Crippen LogP contribution < -0.4 is 5.32 Å². The van der Waals surface area contributed by atoms with Gasteiger partial charge in [0.25, 0.3) is 5.91 Å². The maximum absolute atomic E-state index is 13.6. The molecule has 39 heavy (non-hydrogen) atoms. The molecular formula is C28H31N3O7S. The number of benzene rings is 1. The van der Waals surface area contributed by atoms with E-state index in [9.17, 15) is 19.2 Å². The van der Waals surface area contributed by atoms with Gasteiger partial charge < -0.3 is 24.4 Å². The zero-order valence-electron chi connectivity index (χ0n) is 22.6. The number of hydrogen-bond donors (Lipinski definition) is 1. The third-order valence-electron chi connectivity index (χ3n) is 6.59. The minimum atomic E-state index is -1.15. The van der Waals surface area contributed by atoms with Gasteiger partial charge in [-0.3, -0.25) is 9.78 Å². The highest BCUT2D eigenvalue weighted by Crippen LogP contribution is 2.35. The maximum atomic E-state index is 13.6. The van der Waals surface area contributed by atoms with Crippen molar-refractivity contribution in [2.24, 2.45) is 0 Å². The van der Waals surface area contributed by atoms with Crippen LogP contribution in [0.25, 0.3) is 10.9 Å². The first-order valence-electron chi connectivity index (χ1n) is 12.7. The Morgan fingerprint density at radius 2 is 1.85 bits per heavy atom. The van der Waals surface area contributed by atoms with Gasteiger partial charge in [-0.25, -0.2) is 14.4 Å². The summed E-state index contributed by atoms with van der Waals surface area (Å²) in [7, 11) is 3.19. The molecule has 0 saturated carbocycles. The van der Waals surface area contributed by atoms with Crippen LogP contribution in [0.3, 0.4) is 0 Å². The predicted octanol–water partition coefficient (Wildman–Crippen LogP) is 4.13. The van der Waals surface area contributed by atoms with Crippen molar-refractivity contribution in [1.82, 2.24) is 9.88 Å². The number of esters is 3. The molecule has 11 heteroatoms. The number of anilines is 1. The molecule has 0 saturated heterocycles. The second-order valence-electron chi connectivity index (χ2n) is 9.18. The first kappa shape index (κ1) is 28.2. The first-order chi connectivity index (χ1) is 18.7. The van der Waals surface area contributed by atoms with Crippen molar-refractivity contribution in [3.63, 3.8) is 0 Å². The van der Waals surface area contributed by atoms with Crippen LogP contribution in [0.4, 0.5) is 5.00 Å². The highest BCUT2D eigenvalue weighted by atomic mass is 32.1. The molecule has 1 N–H and O–H groups in total. The van der Waals surface area contributed by atoms with Gasteiger partial charge in [-0.2, -0.15) is 0 Å². The Bertz CT molecular complexity index is 1450. The summed E-state index contributed by atoms with van der Waals surface area (Å²) < 4.78 is 15.7. The molecule has 1 aliphatic rings. The number of nitrogens with zero attached hydrogens (tertiary/aromatic N) is 2. The molecule has 3 aromatic rings. The van der Waals surface area contributed by atoms with Gasteiger partial charge in [0.15, 0.2) is 6.10 Å². The molecular weight excluding hydrogens is 522 g/mol. The monoisotopic (exact) mass is 553 g/mol. The van der Waals surface area contributed by atoms with E-state index in [1.807, 2.05) is 31.3 Å². The fraction of sp³-hybridized carbons (Fsp3) is 0.393. The molecule has 1 unspecified atom stereocenters. The lowest BCUT2D eigenvalue weighted by molar-refractivity contribution is -0.124. The molecule has 0 bridgehead atoms. The van der Waals surface area contributed by atoms with Gasteiger partial charge in [0.2, 0.25) is 0 Å². The fourth-order valence-electron chi connectivity index (χ4n) is 4.60. The summed E-state index contributed by atoms with van der Waals surface area (Å²) >= 11 is 0.908. The van der Waals surface area contributed by atoms with Crippen LogP contribution in [0, 0.1) is 6.92 Å². The van der Waals surface area contributed by atoms with Crippen molar-refractivity contribution in [3.8, 4) is 0 Å². The molecule has 3 heterocycles. The second-order valence-corrected chi connectivity index (χ2v) is 10.2. The number of methoxy groups -OCH3 is 1. The number of amides is 1. The van der Waals surface area contributed by atoms with Crippen LogP contribution in [0.15, 0.2) is 24.3 Å². The lowest BCUT2D eigenvalue weighted by Gasteiger charge is -2.27. The van der Waals surface area contributed by atoms with Crippen molar-refractivity contribution in [2.75, 3.05) is 32.6 Å². The number of thiophene rings is 1. The zero-order chi connectivity index (χ0) is 28.3. The van der Waals surface area contributed by atoms with Crippen molar-refractivity contribution >= 4 is 51.1 Å². The van der Waals surface area contributed by atoms with Gasteiger partial charge in [-0.15, -0.1) is 11.3 Å². The molecule has 1 atom stereocenters. The highest BCUT2D eigenvalue weighted by molar-refractivity contribution is 7.18. The van der Waals surface area contributed by atoms with Crippen LogP contribution in [0.1, 0.15) is 67.5 Å². The maximum Gasteiger partial charge on any atom is 0.348 e.